The van der Waals surface area contributed by atoms with E-state index in [1.54, 1.807) is 0 Å². The Kier molecular flexibility index (Phi) is 4.18. The molecule has 0 aromatic heterocycles. The second kappa shape index (κ2) is 5.85. The smallest absolute Gasteiger partial charge is 0.180 e. The second-order valence-corrected chi connectivity index (χ2v) is 4.81. The zero-order chi connectivity index (χ0) is 13.8. The van der Waals surface area contributed by atoms with Gasteiger partial charge < -0.3 is 4.74 Å². The van der Waals surface area contributed by atoms with Crippen molar-refractivity contribution >= 4 is 15.9 Å². The molecule has 96 valence electrons. The van der Waals surface area contributed by atoms with Crippen molar-refractivity contribution in [2.75, 3.05) is 0 Å². The van der Waals surface area contributed by atoms with E-state index in [0.29, 0.717) is 0 Å². The molecule has 0 amide bonds. The van der Waals surface area contributed by atoms with Crippen LogP contribution < -0.4 is 4.74 Å². The van der Waals surface area contributed by atoms with E-state index in [0.717, 1.165) is 5.56 Å². The molecule has 0 aliphatic carbocycles. The molecule has 0 aliphatic rings. The monoisotopic (exact) mass is 319 g/mol. The van der Waals surface area contributed by atoms with Gasteiger partial charge in [-0.25, -0.2) is 4.39 Å². The lowest BCUT2D eigenvalue weighted by atomic mass is 10.1. The summed E-state index contributed by atoms with van der Waals surface area (Å²) >= 11 is 3.06. The van der Waals surface area contributed by atoms with Crippen molar-refractivity contribution in [3.05, 3.63) is 63.9 Å². The van der Waals surface area contributed by atoms with Crippen molar-refractivity contribution in [2.24, 2.45) is 0 Å². The van der Waals surface area contributed by atoms with Crippen molar-refractivity contribution in [2.45, 2.75) is 13.0 Å². The number of benzene rings is 2. The summed E-state index contributed by atoms with van der Waals surface area (Å²) in [6.07, 6.45) is -0.268. The largest absolute Gasteiger partial charge is 0.483 e. The number of nitriles is 1. The van der Waals surface area contributed by atoms with Gasteiger partial charge in [-0.05, 0) is 40.5 Å². The van der Waals surface area contributed by atoms with Gasteiger partial charge in [0.1, 0.15) is 12.2 Å². The van der Waals surface area contributed by atoms with E-state index in [1.165, 1.54) is 12.1 Å². The number of hydrogen-bond acceptors (Lipinski definition) is 2. The lowest BCUT2D eigenvalue weighted by Crippen LogP contribution is -2.04. The molecule has 0 aliphatic heterocycles. The summed E-state index contributed by atoms with van der Waals surface area (Å²) in [5.74, 6) is -0.427. The van der Waals surface area contributed by atoms with Crippen LogP contribution in [-0.2, 0) is 0 Å². The average molecular weight is 320 g/mol. The minimum Gasteiger partial charge on any atom is -0.483 e. The molecule has 2 aromatic rings. The number of halogens is 2. The van der Waals surface area contributed by atoms with Crippen LogP contribution in [0.1, 0.15) is 24.2 Å². The van der Waals surface area contributed by atoms with Gasteiger partial charge >= 0.3 is 0 Å². The molecule has 1 atom stereocenters. The van der Waals surface area contributed by atoms with E-state index < -0.39 is 5.82 Å². The fraction of sp³-hybridized carbons (Fsp3) is 0.133. The maximum atomic E-state index is 14.0. The van der Waals surface area contributed by atoms with E-state index in [1.807, 2.05) is 43.3 Å². The highest BCUT2D eigenvalue weighted by atomic mass is 79.9. The first-order valence-electron chi connectivity index (χ1n) is 5.73. The van der Waals surface area contributed by atoms with Crippen molar-refractivity contribution in [1.29, 1.82) is 5.26 Å². The summed E-state index contributed by atoms with van der Waals surface area (Å²) in [4.78, 5) is 0. The SMILES string of the molecule is CC(Oc1ccc(C#N)c(Br)c1F)c1ccccc1. The van der Waals surface area contributed by atoms with Gasteiger partial charge in [0.25, 0.3) is 0 Å². The zero-order valence-electron chi connectivity index (χ0n) is 10.2. The van der Waals surface area contributed by atoms with Gasteiger partial charge in [0.2, 0.25) is 0 Å². The first-order valence-corrected chi connectivity index (χ1v) is 6.52. The fourth-order valence-corrected chi connectivity index (χ4v) is 2.11. The van der Waals surface area contributed by atoms with Crippen LogP contribution in [-0.4, -0.2) is 0 Å². The number of nitrogens with zero attached hydrogens (tertiary/aromatic N) is 1. The standard InChI is InChI=1S/C15H11BrFNO/c1-10(11-5-3-2-4-6-11)19-13-8-7-12(9-18)14(16)15(13)17/h2-8,10H,1H3. The zero-order valence-corrected chi connectivity index (χ0v) is 11.8. The Bertz CT molecular complexity index is 622. The molecule has 2 nitrogen and oxygen atoms in total. The molecule has 4 heteroatoms. The molecule has 19 heavy (non-hydrogen) atoms. The molecule has 0 saturated carbocycles. The Labute approximate surface area is 119 Å². The first kappa shape index (κ1) is 13.6. The molecule has 2 rings (SSSR count). The Morgan fingerprint density at radius 3 is 2.53 bits per heavy atom. The van der Waals surface area contributed by atoms with Gasteiger partial charge in [0.05, 0.1) is 10.0 Å². The number of hydrogen-bond donors (Lipinski definition) is 0. The van der Waals surface area contributed by atoms with Crippen molar-refractivity contribution in [3.63, 3.8) is 0 Å². The molecule has 0 bridgehead atoms. The Morgan fingerprint density at radius 1 is 1.21 bits per heavy atom. The topological polar surface area (TPSA) is 33.0 Å². The normalized spacial score (nSPS) is 11.7. The third-order valence-corrected chi connectivity index (χ3v) is 3.52. The lowest BCUT2D eigenvalue weighted by Gasteiger charge is -2.16. The molecular weight excluding hydrogens is 309 g/mol. The summed E-state index contributed by atoms with van der Waals surface area (Å²) in [5, 5.41) is 8.81. The van der Waals surface area contributed by atoms with E-state index in [2.05, 4.69) is 15.9 Å². The van der Waals surface area contributed by atoms with Gasteiger partial charge in [-0.1, -0.05) is 30.3 Å². The van der Waals surface area contributed by atoms with Crippen LogP contribution in [0.5, 0.6) is 5.75 Å². The van der Waals surface area contributed by atoms with Gasteiger partial charge in [-0.3, -0.25) is 0 Å². The third kappa shape index (κ3) is 2.94. The molecule has 0 fully saturated rings. The molecule has 0 radical (unpaired) electrons. The third-order valence-electron chi connectivity index (χ3n) is 2.74. The van der Waals surface area contributed by atoms with Crippen LogP contribution in [0.3, 0.4) is 0 Å². The van der Waals surface area contributed by atoms with Crippen LogP contribution in [0.25, 0.3) is 0 Å². The summed E-state index contributed by atoms with van der Waals surface area (Å²) in [6, 6.07) is 14.5. The van der Waals surface area contributed by atoms with Gasteiger partial charge in [-0.2, -0.15) is 5.26 Å². The van der Waals surface area contributed by atoms with E-state index in [4.69, 9.17) is 10.00 Å². The highest BCUT2D eigenvalue weighted by Gasteiger charge is 2.15. The Morgan fingerprint density at radius 2 is 1.89 bits per heavy atom. The van der Waals surface area contributed by atoms with Crippen LogP contribution >= 0.6 is 15.9 Å². The first-order chi connectivity index (χ1) is 9.13. The molecule has 0 saturated heterocycles. The molecule has 1 unspecified atom stereocenters. The summed E-state index contributed by atoms with van der Waals surface area (Å²) in [6.45, 7) is 1.85. The minimum absolute atomic E-state index is 0.127. The van der Waals surface area contributed by atoms with Crippen LogP contribution in [0, 0.1) is 17.1 Å². The Hall–Kier alpha value is -1.86. The van der Waals surface area contributed by atoms with Crippen LogP contribution in [0.2, 0.25) is 0 Å². The van der Waals surface area contributed by atoms with Crippen molar-refractivity contribution in [3.8, 4) is 11.8 Å². The summed E-state index contributed by atoms with van der Waals surface area (Å²) in [5.41, 5.74) is 1.21. The predicted octanol–water partition coefficient (Wildman–Crippen LogP) is 4.60. The van der Waals surface area contributed by atoms with Crippen molar-refractivity contribution in [1.82, 2.24) is 0 Å². The lowest BCUT2D eigenvalue weighted by molar-refractivity contribution is 0.216. The molecule has 0 spiro atoms. The van der Waals surface area contributed by atoms with Crippen LogP contribution in [0.4, 0.5) is 4.39 Å². The van der Waals surface area contributed by atoms with Crippen molar-refractivity contribution < 1.29 is 9.13 Å². The van der Waals surface area contributed by atoms with E-state index in [9.17, 15) is 4.39 Å². The molecule has 0 heterocycles. The second-order valence-electron chi connectivity index (χ2n) is 4.02. The van der Waals surface area contributed by atoms with Gasteiger partial charge in [-0.15, -0.1) is 0 Å². The highest BCUT2D eigenvalue weighted by Crippen LogP contribution is 2.31. The van der Waals surface area contributed by atoms with E-state index in [-0.39, 0.29) is 21.9 Å². The Balaban J connectivity index is 2.26. The predicted molar refractivity (Wildman–Crippen MR) is 74.3 cm³/mol. The molecule has 2 aromatic carbocycles. The maximum Gasteiger partial charge on any atom is 0.180 e. The molecule has 0 N–H and O–H groups in total. The van der Waals surface area contributed by atoms with E-state index >= 15 is 0 Å². The highest BCUT2D eigenvalue weighted by molar-refractivity contribution is 9.10. The number of rotatable bonds is 3. The van der Waals surface area contributed by atoms with Gasteiger partial charge in [0.15, 0.2) is 11.6 Å². The summed E-state index contributed by atoms with van der Waals surface area (Å²) < 4.78 is 19.7. The number of ether oxygens (including phenoxy) is 1. The quantitative estimate of drug-likeness (QED) is 0.828. The maximum absolute atomic E-state index is 14.0. The minimum atomic E-state index is -0.554. The fourth-order valence-electron chi connectivity index (χ4n) is 1.69. The molecular formula is C15H11BrFNO. The average Bonchev–Trinajstić information content (AvgIpc) is 2.45. The van der Waals surface area contributed by atoms with Gasteiger partial charge in [0, 0.05) is 0 Å². The summed E-state index contributed by atoms with van der Waals surface area (Å²) in [7, 11) is 0. The van der Waals surface area contributed by atoms with Crippen LogP contribution in [0.15, 0.2) is 46.9 Å².